The number of carbonyl (C=O) groups excluding carboxylic acids is 1. The van der Waals surface area contributed by atoms with Gasteiger partial charge in [-0.25, -0.2) is 0 Å². The molecule has 0 atom stereocenters. The van der Waals surface area contributed by atoms with Crippen molar-refractivity contribution in [3.63, 3.8) is 0 Å². The van der Waals surface area contributed by atoms with Crippen LogP contribution in [0, 0.1) is 12.3 Å². The molecule has 33 heavy (non-hydrogen) atoms. The van der Waals surface area contributed by atoms with Gasteiger partial charge >= 0.3 is 0 Å². The predicted molar refractivity (Wildman–Crippen MR) is 132 cm³/mol. The molecule has 0 bridgehead atoms. The highest BCUT2D eigenvalue weighted by molar-refractivity contribution is 5.96. The molecule has 0 unspecified atom stereocenters. The van der Waals surface area contributed by atoms with E-state index in [1.165, 1.54) is 12.8 Å². The average molecular weight is 449 g/mol. The quantitative estimate of drug-likeness (QED) is 0.327. The van der Waals surface area contributed by atoms with Gasteiger partial charge in [-0.15, -0.1) is 0 Å². The Morgan fingerprint density at radius 3 is 2.48 bits per heavy atom. The summed E-state index contributed by atoms with van der Waals surface area (Å²) in [5.74, 6) is 1.84. The molecule has 0 radical (unpaired) electrons. The highest BCUT2D eigenvalue weighted by Gasteiger charge is 2.43. The van der Waals surface area contributed by atoms with Crippen LogP contribution >= 0.6 is 0 Å². The number of rotatable bonds is 9. The number of hydrogen-bond acceptors (Lipinski definition) is 4. The van der Waals surface area contributed by atoms with E-state index < -0.39 is 0 Å². The Labute approximate surface area is 197 Å². The van der Waals surface area contributed by atoms with Crippen LogP contribution in [0.1, 0.15) is 80.3 Å². The number of carbonyl (C=O) groups is 1. The molecule has 2 aromatic carbocycles. The summed E-state index contributed by atoms with van der Waals surface area (Å²) < 4.78 is 12.8. The number of phenols is 1. The van der Waals surface area contributed by atoms with E-state index in [4.69, 9.17) is 9.47 Å². The molecule has 0 heterocycles. The zero-order chi connectivity index (χ0) is 23.6. The lowest BCUT2D eigenvalue weighted by Crippen LogP contribution is -2.39. The summed E-state index contributed by atoms with van der Waals surface area (Å²) in [6.45, 7) is 10.3. The van der Waals surface area contributed by atoms with Gasteiger partial charge in [0.05, 0.1) is 17.3 Å². The molecular formula is C29H36O4. The van der Waals surface area contributed by atoms with Crippen LogP contribution < -0.4 is 4.74 Å². The number of aryl methyl sites for hydroxylation is 1. The number of hydrogen-bond donors (Lipinski definition) is 1. The average Bonchev–Trinajstić information content (AvgIpc) is 3.28. The van der Waals surface area contributed by atoms with E-state index in [1.807, 2.05) is 25.1 Å². The maximum atomic E-state index is 12.0. The summed E-state index contributed by atoms with van der Waals surface area (Å²) >= 11 is 0. The van der Waals surface area contributed by atoms with Crippen LogP contribution in [0.25, 0.3) is 11.1 Å². The number of aromatic hydroxyl groups is 1. The number of benzene rings is 2. The lowest BCUT2D eigenvalue weighted by molar-refractivity contribution is -0.00170. The number of phenolic OH excluding ortho intramolecular Hbond substituents is 1. The third-order valence-corrected chi connectivity index (χ3v) is 7.56. The molecule has 0 amide bonds. The van der Waals surface area contributed by atoms with E-state index in [0.29, 0.717) is 18.5 Å². The number of ketones is 1. The lowest BCUT2D eigenvalue weighted by atomic mass is 9.68. The van der Waals surface area contributed by atoms with Crippen molar-refractivity contribution in [2.24, 2.45) is 5.41 Å². The van der Waals surface area contributed by atoms with E-state index in [9.17, 15) is 9.90 Å². The van der Waals surface area contributed by atoms with Crippen molar-refractivity contribution < 1.29 is 19.4 Å². The molecule has 4 rings (SSSR count). The molecule has 2 saturated carbocycles. The van der Waals surface area contributed by atoms with Gasteiger partial charge in [-0.1, -0.05) is 38.1 Å². The molecular weight excluding hydrogens is 412 g/mol. The van der Waals surface area contributed by atoms with Gasteiger partial charge in [0.1, 0.15) is 18.1 Å². The summed E-state index contributed by atoms with van der Waals surface area (Å²) in [6.07, 6.45) is 8.93. The van der Waals surface area contributed by atoms with Gasteiger partial charge in [0.25, 0.3) is 0 Å². The molecule has 0 spiro atoms. The van der Waals surface area contributed by atoms with Crippen LogP contribution in [0.2, 0.25) is 0 Å². The van der Waals surface area contributed by atoms with Gasteiger partial charge in [0.2, 0.25) is 0 Å². The second-order valence-electron chi connectivity index (χ2n) is 9.74. The maximum absolute atomic E-state index is 12.0. The summed E-state index contributed by atoms with van der Waals surface area (Å²) in [5, 5.41) is 10.4. The molecule has 2 aliphatic carbocycles. The second-order valence-corrected chi connectivity index (χ2v) is 9.74. The zero-order valence-electron chi connectivity index (χ0n) is 20.2. The van der Waals surface area contributed by atoms with Crippen molar-refractivity contribution in [3.8, 4) is 22.6 Å². The van der Waals surface area contributed by atoms with Gasteiger partial charge < -0.3 is 14.6 Å². The van der Waals surface area contributed by atoms with E-state index in [1.54, 1.807) is 13.0 Å². The molecule has 2 aromatic rings. The fourth-order valence-corrected chi connectivity index (χ4v) is 5.14. The highest BCUT2D eigenvalue weighted by atomic mass is 16.5. The van der Waals surface area contributed by atoms with E-state index in [2.05, 4.69) is 19.6 Å². The Kier molecular flexibility index (Phi) is 6.83. The van der Waals surface area contributed by atoms with Crippen molar-refractivity contribution in [2.75, 3.05) is 6.61 Å². The van der Waals surface area contributed by atoms with Crippen molar-refractivity contribution in [1.82, 2.24) is 0 Å². The minimum Gasteiger partial charge on any atom is -0.508 e. The molecule has 0 saturated heterocycles. The first-order valence-electron chi connectivity index (χ1n) is 12.3. The van der Waals surface area contributed by atoms with Crippen LogP contribution in [0.15, 0.2) is 42.7 Å². The molecule has 4 nitrogen and oxygen atoms in total. The van der Waals surface area contributed by atoms with E-state index >= 15 is 0 Å². The summed E-state index contributed by atoms with van der Waals surface area (Å²) in [6, 6.07) is 9.54. The second kappa shape index (κ2) is 9.62. The van der Waals surface area contributed by atoms with Gasteiger partial charge in [0.15, 0.2) is 5.78 Å². The smallest absolute Gasteiger partial charge is 0.160 e. The highest BCUT2D eigenvalue weighted by Crippen LogP contribution is 2.49. The molecule has 0 aliphatic heterocycles. The molecule has 4 heteroatoms. The Morgan fingerprint density at radius 1 is 1.15 bits per heavy atom. The Bertz CT molecular complexity index is 1040. The fraction of sp³-hybridized carbons (Fsp3) is 0.483. The molecule has 1 N–H and O–H groups in total. The van der Waals surface area contributed by atoms with Crippen LogP contribution in [0.4, 0.5) is 0 Å². The Balaban J connectivity index is 1.61. The van der Waals surface area contributed by atoms with Gasteiger partial charge in [0, 0.05) is 16.7 Å². The topological polar surface area (TPSA) is 55.8 Å². The van der Waals surface area contributed by atoms with Crippen molar-refractivity contribution >= 4 is 5.78 Å². The van der Waals surface area contributed by atoms with Crippen molar-refractivity contribution in [2.45, 2.75) is 78.2 Å². The SMILES string of the molecule is C=C(OC1CCCC1)C1(COc2c(-c3ccc(C(C)=O)c(CC)c3)ccc(O)c2C)CCC1. The van der Waals surface area contributed by atoms with Gasteiger partial charge in [-0.05, 0) is 82.1 Å². The third kappa shape index (κ3) is 4.66. The summed E-state index contributed by atoms with van der Waals surface area (Å²) in [7, 11) is 0. The largest absolute Gasteiger partial charge is 0.508 e. The summed E-state index contributed by atoms with van der Waals surface area (Å²) in [4.78, 5) is 12.0. The van der Waals surface area contributed by atoms with Gasteiger partial charge in [-0.2, -0.15) is 0 Å². The van der Waals surface area contributed by atoms with Crippen LogP contribution in [0.3, 0.4) is 0 Å². The first kappa shape index (κ1) is 23.4. The first-order valence-corrected chi connectivity index (χ1v) is 12.3. The Morgan fingerprint density at radius 2 is 1.88 bits per heavy atom. The van der Waals surface area contributed by atoms with Crippen LogP contribution in [0.5, 0.6) is 11.5 Å². The standard InChI is InChI=1S/C29H36O4/c1-5-22-17-23(11-12-25(22)20(3)30)26-13-14-27(31)19(2)28(26)32-18-29(15-8-16-29)21(4)33-24-9-6-7-10-24/h11-14,17,24,31H,4-10,15-16,18H2,1-3H3. The predicted octanol–water partition coefficient (Wildman–Crippen LogP) is 7.15. The van der Waals surface area contributed by atoms with Gasteiger partial charge in [-0.3, -0.25) is 4.79 Å². The third-order valence-electron chi connectivity index (χ3n) is 7.56. The molecule has 176 valence electrons. The van der Waals surface area contributed by atoms with E-state index in [0.717, 1.165) is 72.1 Å². The van der Waals surface area contributed by atoms with Crippen LogP contribution in [-0.4, -0.2) is 23.6 Å². The van der Waals surface area contributed by atoms with E-state index in [-0.39, 0.29) is 16.9 Å². The summed E-state index contributed by atoms with van der Waals surface area (Å²) in [5.41, 5.74) is 4.24. The Hall–Kier alpha value is -2.75. The zero-order valence-corrected chi connectivity index (χ0v) is 20.2. The first-order chi connectivity index (χ1) is 15.8. The minimum absolute atomic E-state index is 0.0736. The molecule has 0 aromatic heterocycles. The lowest BCUT2D eigenvalue weighted by Gasteiger charge is -2.43. The maximum Gasteiger partial charge on any atom is 0.160 e. The minimum atomic E-state index is -0.162. The van der Waals surface area contributed by atoms with Crippen LogP contribution in [-0.2, 0) is 11.2 Å². The molecule has 2 fully saturated rings. The van der Waals surface area contributed by atoms with Crippen molar-refractivity contribution in [3.05, 3.63) is 59.4 Å². The molecule has 2 aliphatic rings. The normalized spacial score (nSPS) is 17.4. The fourth-order valence-electron chi connectivity index (χ4n) is 5.14. The number of Topliss-reactive ketones (excluding diaryl/α,β-unsaturated/α-hetero) is 1. The monoisotopic (exact) mass is 448 g/mol. The van der Waals surface area contributed by atoms with Crippen molar-refractivity contribution in [1.29, 1.82) is 0 Å². The number of ether oxygens (including phenoxy) is 2.